The van der Waals surface area contributed by atoms with Gasteiger partial charge in [-0.3, -0.25) is 0 Å². The van der Waals surface area contributed by atoms with Gasteiger partial charge in [-0.1, -0.05) is 15.9 Å². The average molecular weight is 356 g/mol. The van der Waals surface area contributed by atoms with Crippen molar-refractivity contribution in [1.29, 1.82) is 0 Å². The molecule has 0 bridgehead atoms. The van der Waals surface area contributed by atoms with Crippen molar-refractivity contribution in [2.75, 3.05) is 13.1 Å². The van der Waals surface area contributed by atoms with Crippen molar-refractivity contribution in [3.8, 4) is 0 Å². The van der Waals surface area contributed by atoms with E-state index in [1.807, 2.05) is 13.0 Å². The van der Waals surface area contributed by atoms with Crippen molar-refractivity contribution in [2.45, 2.75) is 24.3 Å². The molecule has 18 heavy (non-hydrogen) atoms. The van der Waals surface area contributed by atoms with Gasteiger partial charge in [0.1, 0.15) is 0 Å². The number of halogens is 2. The standard InChI is InChI=1S/C11H15BrN2O2S.ClH/c1-8-4-9(12)6-11(5-8)17(15,16)14-3-2-10(13)7-14;/h4-6,10H,2-3,7,13H2,1H3;1H/t10-;/m1./s1. The van der Waals surface area contributed by atoms with E-state index < -0.39 is 10.0 Å². The second-order valence-electron chi connectivity index (χ2n) is 4.38. The molecule has 1 aliphatic rings. The maximum atomic E-state index is 12.3. The van der Waals surface area contributed by atoms with E-state index in [2.05, 4.69) is 15.9 Å². The molecule has 2 rings (SSSR count). The molecule has 102 valence electrons. The molecule has 1 aromatic rings. The number of sulfonamides is 1. The summed E-state index contributed by atoms with van der Waals surface area (Å²) in [7, 11) is -3.39. The van der Waals surface area contributed by atoms with Gasteiger partial charge in [0, 0.05) is 23.6 Å². The summed E-state index contributed by atoms with van der Waals surface area (Å²) in [5, 5.41) is 0. The number of nitrogens with two attached hydrogens (primary N) is 1. The smallest absolute Gasteiger partial charge is 0.243 e. The Morgan fingerprint density at radius 1 is 1.39 bits per heavy atom. The van der Waals surface area contributed by atoms with Gasteiger partial charge in [-0.2, -0.15) is 4.31 Å². The van der Waals surface area contributed by atoms with E-state index in [-0.39, 0.29) is 18.4 Å². The van der Waals surface area contributed by atoms with Crippen LogP contribution in [-0.2, 0) is 10.0 Å². The maximum Gasteiger partial charge on any atom is 0.243 e. The van der Waals surface area contributed by atoms with Gasteiger partial charge < -0.3 is 5.73 Å². The Bertz CT molecular complexity index is 516. The molecule has 0 aromatic heterocycles. The zero-order chi connectivity index (χ0) is 12.6. The van der Waals surface area contributed by atoms with Gasteiger partial charge >= 0.3 is 0 Å². The van der Waals surface area contributed by atoms with E-state index >= 15 is 0 Å². The fourth-order valence-electron chi connectivity index (χ4n) is 1.97. The summed E-state index contributed by atoms with van der Waals surface area (Å²) in [6.07, 6.45) is 0.728. The monoisotopic (exact) mass is 354 g/mol. The second-order valence-corrected chi connectivity index (χ2v) is 7.23. The van der Waals surface area contributed by atoms with E-state index in [1.54, 1.807) is 12.1 Å². The Kier molecular flexibility index (Phi) is 5.20. The Balaban J connectivity index is 0.00000162. The first-order chi connectivity index (χ1) is 7.89. The predicted molar refractivity (Wildman–Crippen MR) is 77.5 cm³/mol. The molecule has 7 heteroatoms. The molecule has 1 fully saturated rings. The number of aryl methyl sites for hydroxylation is 1. The average Bonchev–Trinajstić information content (AvgIpc) is 2.64. The van der Waals surface area contributed by atoms with Crippen LogP contribution in [0.15, 0.2) is 27.6 Å². The minimum Gasteiger partial charge on any atom is -0.326 e. The van der Waals surface area contributed by atoms with E-state index in [1.165, 1.54) is 4.31 Å². The van der Waals surface area contributed by atoms with Crippen LogP contribution in [0.25, 0.3) is 0 Å². The van der Waals surface area contributed by atoms with Crippen molar-refractivity contribution >= 4 is 38.4 Å². The molecule has 1 heterocycles. The topological polar surface area (TPSA) is 63.4 Å². The number of hydrogen-bond donors (Lipinski definition) is 1. The largest absolute Gasteiger partial charge is 0.326 e. The molecule has 0 saturated carbocycles. The molecule has 1 atom stereocenters. The van der Waals surface area contributed by atoms with Gasteiger partial charge in [0.15, 0.2) is 0 Å². The molecule has 0 spiro atoms. The molecule has 0 unspecified atom stereocenters. The summed E-state index contributed by atoms with van der Waals surface area (Å²) in [5.41, 5.74) is 6.66. The lowest BCUT2D eigenvalue weighted by atomic mass is 10.2. The Hall–Kier alpha value is -0.140. The quantitative estimate of drug-likeness (QED) is 0.881. The SMILES string of the molecule is Cc1cc(Br)cc(S(=O)(=O)N2CC[C@@H](N)C2)c1.Cl. The summed E-state index contributed by atoms with van der Waals surface area (Å²) in [6.45, 7) is 2.79. The van der Waals surface area contributed by atoms with Crippen LogP contribution < -0.4 is 5.73 Å². The van der Waals surface area contributed by atoms with E-state index in [0.29, 0.717) is 18.0 Å². The normalized spacial score (nSPS) is 20.7. The fraction of sp³-hybridized carbons (Fsp3) is 0.455. The van der Waals surface area contributed by atoms with Crippen LogP contribution in [0.3, 0.4) is 0 Å². The lowest BCUT2D eigenvalue weighted by Gasteiger charge is -2.16. The first-order valence-corrected chi connectivity index (χ1v) is 7.66. The van der Waals surface area contributed by atoms with Crippen LogP contribution in [0.1, 0.15) is 12.0 Å². The highest BCUT2D eigenvalue weighted by Crippen LogP contribution is 2.24. The highest BCUT2D eigenvalue weighted by atomic mass is 79.9. The third-order valence-electron chi connectivity index (χ3n) is 2.84. The molecular formula is C11H16BrClN2O2S. The lowest BCUT2D eigenvalue weighted by molar-refractivity contribution is 0.472. The number of hydrogen-bond acceptors (Lipinski definition) is 3. The molecule has 1 aromatic carbocycles. The number of benzene rings is 1. The Labute approximate surface area is 122 Å². The summed E-state index contributed by atoms with van der Waals surface area (Å²) in [4.78, 5) is 0.332. The second kappa shape index (κ2) is 5.88. The minimum atomic E-state index is -3.39. The van der Waals surface area contributed by atoms with Gasteiger partial charge in [-0.25, -0.2) is 8.42 Å². The summed E-state index contributed by atoms with van der Waals surface area (Å²) >= 11 is 3.32. The first kappa shape index (κ1) is 15.9. The zero-order valence-electron chi connectivity index (χ0n) is 9.97. The third kappa shape index (κ3) is 3.24. The first-order valence-electron chi connectivity index (χ1n) is 5.42. The van der Waals surface area contributed by atoms with E-state index in [9.17, 15) is 8.42 Å². The van der Waals surface area contributed by atoms with Crippen LogP contribution in [0.5, 0.6) is 0 Å². The van der Waals surface area contributed by atoms with Crippen molar-refractivity contribution in [1.82, 2.24) is 4.31 Å². The maximum absolute atomic E-state index is 12.3. The van der Waals surface area contributed by atoms with Crippen molar-refractivity contribution in [2.24, 2.45) is 5.73 Å². The van der Waals surface area contributed by atoms with E-state index in [4.69, 9.17) is 5.73 Å². The lowest BCUT2D eigenvalue weighted by Crippen LogP contribution is -2.32. The van der Waals surface area contributed by atoms with Crippen LogP contribution in [0.4, 0.5) is 0 Å². The molecule has 2 N–H and O–H groups in total. The Morgan fingerprint density at radius 3 is 2.56 bits per heavy atom. The highest BCUT2D eigenvalue weighted by Gasteiger charge is 2.31. The number of nitrogens with zero attached hydrogens (tertiary/aromatic N) is 1. The minimum absolute atomic E-state index is 0. The fourth-order valence-corrected chi connectivity index (χ4v) is 4.37. The molecule has 0 radical (unpaired) electrons. The Morgan fingerprint density at radius 2 is 2.06 bits per heavy atom. The van der Waals surface area contributed by atoms with Crippen molar-refractivity contribution in [3.63, 3.8) is 0 Å². The van der Waals surface area contributed by atoms with Gasteiger partial charge in [0.25, 0.3) is 0 Å². The summed E-state index contributed by atoms with van der Waals surface area (Å²) in [6, 6.07) is 5.16. The zero-order valence-corrected chi connectivity index (χ0v) is 13.2. The molecular weight excluding hydrogens is 340 g/mol. The van der Waals surface area contributed by atoms with Crippen LogP contribution >= 0.6 is 28.3 Å². The summed E-state index contributed by atoms with van der Waals surface area (Å²) in [5.74, 6) is 0. The molecule has 0 amide bonds. The van der Waals surface area contributed by atoms with Crippen LogP contribution in [0, 0.1) is 6.92 Å². The van der Waals surface area contributed by atoms with Gasteiger partial charge in [0.05, 0.1) is 4.90 Å². The molecule has 0 aliphatic carbocycles. The van der Waals surface area contributed by atoms with Crippen molar-refractivity contribution < 1.29 is 8.42 Å². The van der Waals surface area contributed by atoms with E-state index in [0.717, 1.165) is 16.5 Å². The highest BCUT2D eigenvalue weighted by molar-refractivity contribution is 9.10. The molecule has 1 aliphatic heterocycles. The summed E-state index contributed by atoms with van der Waals surface area (Å²) < 4.78 is 26.9. The van der Waals surface area contributed by atoms with Gasteiger partial charge in [-0.05, 0) is 37.1 Å². The van der Waals surface area contributed by atoms with Crippen molar-refractivity contribution in [3.05, 3.63) is 28.2 Å². The van der Waals surface area contributed by atoms with Crippen LogP contribution in [0.2, 0.25) is 0 Å². The molecule has 4 nitrogen and oxygen atoms in total. The third-order valence-corrected chi connectivity index (χ3v) is 5.14. The van der Waals surface area contributed by atoms with Gasteiger partial charge in [0.2, 0.25) is 10.0 Å². The number of rotatable bonds is 2. The predicted octanol–water partition coefficient (Wildman–Crippen LogP) is 1.90. The van der Waals surface area contributed by atoms with Gasteiger partial charge in [-0.15, -0.1) is 12.4 Å². The van der Waals surface area contributed by atoms with Crippen LogP contribution in [-0.4, -0.2) is 31.9 Å². The molecule has 1 saturated heterocycles.